The number of nitrogens with zero attached hydrogens (tertiary/aromatic N) is 1. The second kappa shape index (κ2) is 7.19. The number of amides is 1. The van der Waals surface area contributed by atoms with Crippen molar-refractivity contribution >= 4 is 5.91 Å². The molecule has 0 saturated heterocycles. The number of fused-ring (bicyclic) bond motifs is 1. The molecule has 156 valence electrons. The number of aryl methyl sites for hydroxylation is 1. The van der Waals surface area contributed by atoms with Crippen LogP contribution in [0.1, 0.15) is 54.2 Å². The molecule has 2 nitrogen and oxygen atoms in total. The van der Waals surface area contributed by atoms with Gasteiger partial charge in [-0.15, -0.1) is 0 Å². The molecule has 0 atom stereocenters. The van der Waals surface area contributed by atoms with Crippen LogP contribution in [0.3, 0.4) is 0 Å². The lowest BCUT2D eigenvalue weighted by Gasteiger charge is -2.30. The summed E-state index contributed by atoms with van der Waals surface area (Å²) >= 11 is 0. The van der Waals surface area contributed by atoms with Gasteiger partial charge in [-0.3, -0.25) is 4.79 Å². The number of hydrogen-bond donors (Lipinski definition) is 0. The molecule has 1 aliphatic rings. The highest BCUT2D eigenvalue weighted by molar-refractivity contribution is 5.84. The van der Waals surface area contributed by atoms with Crippen molar-refractivity contribution in [2.24, 2.45) is 5.41 Å². The Morgan fingerprint density at radius 1 is 0.966 bits per heavy atom. The fraction of sp³-hybridized carbons (Fsp3) is 0.458. The Kier molecular flexibility index (Phi) is 5.31. The summed E-state index contributed by atoms with van der Waals surface area (Å²) in [6.45, 7) is 10.6. The summed E-state index contributed by atoms with van der Waals surface area (Å²) in [6, 6.07) is 8.32. The van der Waals surface area contributed by atoms with Crippen molar-refractivity contribution in [3.63, 3.8) is 0 Å². The van der Waals surface area contributed by atoms with Crippen molar-refractivity contribution in [1.29, 1.82) is 0 Å². The van der Waals surface area contributed by atoms with E-state index in [1.807, 2.05) is 20.8 Å². The van der Waals surface area contributed by atoms with Crippen LogP contribution in [0.2, 0.25) is 0 Å². The van der Waals surface area contributed by atoms with Gasteiger partial charge in [0.05, 0.1) is 0 Å². The van der Waals surface area contributed by atoms with E-state index in [1.54, 1.807) is 0 Å². The average Bonchev–Trinajstić information content (AvgIpc) is 3.09. The number of hydrogen-bond acceptors (Lipinski definition) is 1. The molecule has 0 unspecified atom stereocenters. The summed E-state index contributed by atoms with van der Waals surface area (Å²) in [6.07, 6.45) is -3.75. The Bertz CT molecular complexity index is 956. The van der Waals surface area contributed by atoms with Crippen molar-refractivity contribution < 1.29 is 18.0 Å². The number of halogens is 3. The molecular formula is C24H28F3NO. The summed E-state index contributed by atoms with van der Waals surface area (Å²) in [7, 11) is 0. The van der Waals surface area contributed by atoms with E-state index in [0.717, 1.165) is 53.6 Å². The van der Waals surface area contributed by atoms with Crippen LogP contribution in [0.25, 0.3) is 11.1 Å². The molecule has 29 heavy (non-hydrogen) atoms. The van der Waals surface area contributed by atoms with Gasteiger partial charge in [-0.25, -0.2) is 0 Å². The third kappa shape index (κ3) is 3.45. The normalized spacial score (nSPS) is 14.3. The second-order valence-corrected chi connectivity index (χ2v) is 8.56. The lowest BCUT2D eigenvalue weighted by molar-refractivity contribution is -0.217. The van der Waals surface area contributed by atoms with Gasteiger partial charge in [-0.1, -0.05) is 36.8 Å². The number of carbonyl (C=O) groups is 1. The molecule has 0 saturated carbocycles. The Labute approximate surface area is 170 Å². The minimum Gasteiger partial charge on any atom is -0.333 e. The maximum Gasteiger partial charge on any atom is 0.402 e. The second-order valence-electron chi connectivity index (χ2n) is 8.56. The SMILES string of the molecule is CCc1c(C)c2c(c(C)c1-c1ccc(C)cc1)CN(C(=O)C(C)(C)C(F)(F)F)C2. The highest BCUT2D eigenvalue weighted by Gasteiger charge is 2.55. The quantitative estimate of drug-likeness (QED) is 0.591. The van der Waals surface area contributed by atoms with Gasteiger partial charge in [0.15, 0.2) is 0 Å². The topological polar surface area (TPSA) is 20.3 Å². The van der Waals surface area contributed by atoms with Crippen LogP contribution in [0.4, 0.5) is 13.2 Å². The predicted octanol–water partition coefficient (Wildman–Crippen LogP) is 6.27. The number of carbonyl (C=O) groups excluding carboxylic acids is 1. The van der Waals surface area contributed by atoms with E-state index in [4.69, 9.17) is 0 Å². The summed E-state index contributed by atoms with van der Waals surface area (Å²) < 4.78 is 40.2. The van der Waals surface area contributed by atoms with Crippen LogP contribution in [0.15, 0.2) is 24.3 Å². The fourth-order valence-electron chi connectivity index (χ4n) is 4.28. The standard InChI is InChI=1S/C24H28F3NO/c1-7-18-15(3)19-12-28(22(29)23(5,6)24(25,26)27)13-20(19)16(4)21(18)17-10-8-14(2)9-11-17/h8-11H,7,12-13H2,1-6H3. The first-order chi connectivity index (χ1) is 13.4. The molecule has 0 radical (unpaired) electrons. The molecule has 1 heterocycles. The molecule has 0 aromatic heterocycles. The van der Waals surface area contributed by atoms with Gasteiger partial charge >= 0.3 is 6.18 Å². The van der Waals surface area contributed by atoms with Crippen LogP contribution >= 0.6 is 0 Å². The zero-order valence-electron chi connectivity index (χ0n) is 17.9. The van der Waals surface area contributed by atoms with E-state index in [0.29, 0.717) is 0 Å². The van der Waals surface area contributed by atoms with Crippen molar-refractivity contribution in [3.8, 4) is 11.1 Å². The molecule has 0 aliphatic carbocycles. The summed E-state index contributed by atoms with van der Waals surface area (Å²) in [5, 5.41) is 0. The first kappa shape index (κ1) is 21.4. The molecular weight excluding hydrogens is 375 g/mol. The van der Waals surface area contributed by atoms with Crippen molar-refractivity contribution in [2.45, 2.75) is 67.2 Å². The zero-order chi connectivity index (χ0) is 21.7. The monoisotopic (exact) mass is 403 g/mol. The molecule has 1 aliphatic heterocycles. The van der Waals surface area contributed by atoms with Gasteiger partial charge in [-0.05, 0) is 80.0 Å². The molecule has 0 bridgehead atoms. The minimum atomic E-state index is -4.58. The van der Waals surface area contributed by atoms with E-state index in [2.05, 4.69) is 31.2 Å². The van der Waals surface area contributed by atoms with Crippen molar-refractivity contribution in [1.82, 2.24) is 4.90 Å². The van der Waals surface area contributed by atoms with Crippen molar-refractivity contribution in [3.05, 3.63) is 57.6 Å². The molecule has 2 aromatic rings. The molecule has 5 heteroatoms. The van der Waals surface area contributed by atoms with Crippen LogP contribution in [0.5, 0.6) is 0 Å². The van der Waals surface area contributed by atoms with Gasteiger partial charge in [0.2, 0.25) is 5.91 Å². The van der Waals surface area contributed by atoms with Crippen LogP contribution in [-0.4, -0.2) is 17.0 Å². The fourth-order valence-corrected chi connectivity index (χ4v) is 4.28. The minimum absolute atomic E-state index is 0.225. The third-order valence-electron chi connectivity index (χ3n) is 6.32. The summed E-state index contributed by atoms with van der Waals surface area (Å²) in [5.74, 6) is -0.866. The molecule has 0 spiro atoms. The van der Waals surface area contributed by atoms with Crippen molar-refractivity contribution in [2.75, 3.05) is 0 Å². The van der Waals surface area contributed by atoms with E-state index < -0.39 is 17.5 Å². The number of rotatable bonds is 3. The molecule has 0 N–H and O–H groups in total. The van der Waals surface area contributed by atoms with Gasteiger partial charge in [0, 0.05) is 13.1 Å². The predicted molar refractivity (Wildman–Crippen MR) is 110 cm³/mol. The lowest BCUT2D eigenvalue weighted by Crippen LogP contribution is -2.47. The molecule has 2 aromatic carbocycles. The van der Waals surface area contributed by atoms with Gasteiger partial charge in [0.1, 0.15) is 5.41 Å². The maximum atomic E-state index is 13.4. The van der Waals surface area contributed by atoms with E-state index in [1.165, 1.54) is 16.0 Å². The van der Waals surface area contributed by atoms with Gasteiger partial charge < -0.3 is 4.90 Å². The highest BCUT2D eigenvalue weighted by Crippen LogP contribution is 2.43. The first-order valence-corrected chi connectivity index (χ1v) is 9.97. The Hall–Kier alpha value is -2.30. The van der Waals surface area contributed by atoms with Crippen LogP contribution in [0, 0.1) is 26.2 Å². The Morgan fingerprint density at radius 2 is 1.48 bits per heavy atom. The van der Waals surface area contributed by atoms with Crippen LogP contribution in [-0.2, 0) is 24.3 Å². The largest absolute Gasteiger partial charge is 0.402 e. The summed E-state index contributed by atoms with van der Waals surface area (Å²) in [5.41, 5.74) is 6.37. The summed E-state index contributed by atoms with van der Waals surface area (Å²) in [4.78, 5) is 14.1. The third-order valence-corrected chi connectivity index (χ3v) is 6.32. The van der Waals surface area contributed by atoms with Gasteiger partial charge in [-0.2, -0.15) is 13.2 Å². The number of benzene rings is 2. The average molecular weight is 403 g/mol. The van der Waals surface area contributed by atoms with E-state index in [9.17, 15) is 18.0 Å². The Balaban J connectivity index is 2.09. The smallest absolute Gasteiger partial charge is 0.333 e. The lowest BCUT2D eigenvalue weighted by atomic mass is 9.84. The van der Waals surface area contributed by atoms with Gasteiger partial charge in [0.25, 0.3) is 0 Å². The molecule has 3 rings (SSSR count). The van der Waals surface area contributed by atoms with Crippen LogP contribution < -0.4 is 0 Å². The Morgan fingerprint density at radius 3 is 1.97 bits per heavy atom. The molecule has 0 fully saturated rings. The highest BCUT2D eigenvalue weighted by atomic mass is 19.4. The molecule has 1 amide bonds. The maximum absolute atomic E-state index is 13.4. The zero-order valence-corrected chi connectivity index (χ0v) is 17.9. The first-order valence-electron chi connectivity index (χ1n) is 9.97. The number of alkyl halides is 3. The van der Waals surface area contributed by atoms with E-state index >= 15 is 0 Å². The van der Waals surface area contributed by atoms with E-state index in [-0.39, 0.29) is 13.1 Å².